The number of hydrogen-bond acceptors (Lipinski definition) is 3. The summed E-state index contributed by atoms with van der Waals surface area (Å²) in [5, 5.41) is 1.09. The summed E-state index contributed by atoms with van der Waals surface area (Å²) in [5.74, 6) is -0.262. The third kappa shape index (κ3) is 3.09. The van der Waals surface area contributed by atoms with E-state index in [9.17, 15) is 4.79 Å². The van der Waals surface area contributed by atoms with E-state index in [1.54, 1.807) is 6.92 Å². The Morgan fingerprint density at radius 3 is 2.50 bits per heavy atom. The van der Waals surface area contributed by atoms with E-state index < -0.39 is 0 Å². The van der Waals surface area contributed by atoms with E-state index >= 15 is 0 Å². The second kappa shape index (κ2) is 3.90. The Balaban J connectivity index is 3.97. The van der Waals surface area contributed by atoms with Gasteiger partial charge >= 0.3 is 0 Å². The van der Waals surface area contributed by atoms with Crippen LogP contribution in [-0.4, -0.2) is 25.1 Å². The summed E-state index contributed by atoms with van der Waals surface area (Å²) >= 11 is 0. The van der Waals surface area contributed by atoms with Gasteiger partial charge in [0.1, 0.15) is 0 Å². The van der Waals surface area contributed by atoms with Crippen LogP contribution in [0.4, 0.5) is 0 Å². The van der Waals surface area contributed by atoms with Crippen LogP contribution < -0.4 is 5.73 Å². The number of hydrogen-bond donors (Lipinski definition) is 1. The van der Waals surface area contributed by atoms with Crippen LogP contribution in [0.25, 0.3) is 0 Å². The Hall–Kier alpha value is -1.03. The molecule has 4 heteroatoms. The number of nitrogens with zero attached hydrogens (tertiary/aromatic N) is 1. The van der Waals surface area contributed by atoms with Gasteiger partial charge in [0.15, 0.2) is 0 Å². The minimum atomic E-state index is -0.262. The highest BCUT2D eigenvalue weighted by Gasteiger charge is 2.01. The van der Waals surface area contributed by atoms with Gasteiger partial charge in [-0.2, -0.15) is 0 Å². The summed E-state index contributed by atoms with van der Waals surface area (Å²) in [6, 6.07) is 0. The second-order valence-electron chi connectivity index (χ2n) is 1.91. The summed E-state index contributed by atoms with van der Waals surface area (Å²) in [5.41, 5.74) is 5.71. The number of likely N-dealkylation sites (N-methyl/N-ethyl adjacent to an activating group) is 1. The maximum absolute atomic E-state index is 10.8. The van der Waals surface area contributed by atoms with E-state index in [2.05, 4.69) is 4.84 Å². The van der Waals surface area contributed by atoms with Crippen LogP contribution in [0.2, 0.25) is 0 Å². The highest BCUT2D eigenvalue weighted by molar-refractivity contribution is 5.86. The summed E-state index contributed by atoms with van der Waals surface area (Å²) in [6.45, 7) is 1.64. The molecule has 0 aliphatic heterocycles. The average molecular weight is 144 g/mol. The van der Waals surface area contributed by atoms with Crippen molar-refractivity contribution in [3.05, 3.63) is 11.8 Å². The van der Waals surface area contributed by atoms with E-state index in [1.165, 1.54) is 20.2 Å². The molecule has 0 atom stereocenters. The fraction of sp³-hybridized carbons (Fsp3) is 0.500. The van der Waals surface area contributed by atoms with Crippen molar-refractivity contribution >= 4 is 5.91 Å². The van der Waals surface area contributed by atoms with Crippen molar-refractivity contribution in [1.29, 1.82) is 0 Å². The predicted octanol–water partition coefficient (Wildman–Crippen LogP) is -0.131. The molecule has 2 N–H and O–H groups in total. The van der Waals surface area contributed by atoms with Crippen molar-refractivity contribution < 1.29 is 9.63 Å². The molecular weight excluding hydrogens is 132 g/mol. The van der Waals surface area contributed by atoms with Gasteiger partial charge in [-0.15, -0.1) is 0 Å². The van der Waals surface area contributed by atoms with Gasteiger partial charge in [0.2, 0.25) is 0 Å². The molecule has 0 aliphatic rings. The van der Waals surface area contributed by atoms with Crippen molar-refractivity contribution in [2.75, 3.05) is 14.2 Å². The third-order valence-electron chi connectivity index (χ3n) is 0.935. The number of nitrogens with two attached hydrogens (primary N) is 1. The molecule has 0 saturated carbocycles. The Morgan fingerprint density at radius 2 is 2.20 bits per heavy atom. The van der Waals surface area contributed by atoms with E-state index in [1.807, 2.05) is 0 Å². The van der Waals surface area contributed by atoms with Crippen LogP contribution in [0.5, 0.6) is 0 Å². The van der Waals surface area contributed by atoms with Crippen molar-refractivity contribution in [3.8, 4) is 0 Å². The number of amides is 1. The summed E-state index contributed by atoms with van der Waals surface area (Å²) in [6.07, 6.45) is 1.30. The molecule has 0 rings (SSSR count). The topological polar surface area (TPSA) is 55.6 Å². The molecular formula is C6H12N2O2. The van der Waals surface area contributed by atoms with Gasteiger partial charge in [-0.05, 0) is 6.92 Å². The number of allylic oxidation sites excluding steroid dienone is 1. The highest BCUT2D eigenvalue weighted by Crippen LogP contribution is 1.88. The Kier molecular flexibility index (Phi) is 3.49. The van der Waals surface area contributed by atoms with E-state index in [0.717, 1.165) is 5.06 Å². The van der Waals surface area contributed by atoms with E-state index in [0.29, 0.717) is 5.70 Å². The Labute approximate surface area is 60.2 Å². The predicted molar refractivity (Wildman–Crippen MR) is 37.7 cm³/mol. The number of hydroxylamine groups is 2. The van der Waals surface area contributed by atoms with Gasteiger partial charge < -0.3 is 5.73 Å². The molecule has 0 heterocycles. The molecule has 10 heavy (non-hydrogen) atoms. The number of carbonyl (C=O) groups is 1. The number of rotatable bonds is 2. The monoisotopic (exact) mass is 144 g/mol. The minimum Gasteiger partial charge on any atom is -0.402 e. The van der Waals surface area contributed by atoms with Gasteiger partial charge in [-0.1, -0.05) is 0 Å². The lowest BCUT2D eigenvalue weighted by atomic mass is 10.4. The minimum absolute atomic E-state index is 0.262. The first kappa shape index (κ1) is 8.97. The van der Waals surface area contributed by atoms with Gasteiger partial charge in [-0.25, -0.2) is 5.06 Å². The van der Waals surface area contributed by atoms with Crippen LogP contribution in [0, 0.1) is 0 Å². The maximum atomic E-state index is 10.8. The third-order valence-corrected chi connectivity index (χ3v) is 0.935. The second-order valence-corrected chi connectivity index (χ2v) is 1.91. The van der Waals surface area contributed by atoms with Crippen LogP contribution in [0.1, 0.15) is 6.92 Å². The molecule has 0 spiro atoms. The molecule has 0 radical (unpaired) electrons. The molecule has 58 valence electrons. The summed E-state index contributed by atoms with van der Waals surface area (Å²) in [7, 11) is 2.93. The molecule has 0 unspecified atom stereocenters. The molecule has 0 aromatic rings. The Morgan fingerprint density at radius 1 is 1.70 bits per heavy atom. The van der Waals surface area contributed by atoms with Crippen LogP contribution >= 0.6 is 0 Å². The normalized spacial score (nSPS) is 11.3. The lowest BCUT2D eigenvalue weighted by Gasteiger charge is -2.10. The molecule has 0 aliphatic carbocycles. The van der Waals surface area contributed by atoms with Crippen molar-refractivity contribution in [1.82, 2.24) is 5.06 Å². The molecule has 0 saturated heterocycles. The van der Waals surface area contributed by atoms with Crippen molar-refractivity contribution in [2.24, 2.45) is 5.73 Å². The smallest absolute Gasteiger partial charge is 0.271 e. The molecule has 0 fully saturated rings. The Bertz CT molecular complexity index is 150. The SMILES string of the molecule is CON(C)C(=O)/C=C(\C)N. The van der Waals surface area contributed by atoms with Crippen LogP contribution in [-0.2, 0) is 9.63 Å². The fourth-order valence-electron chi connectivity index (χ4n) is 0.376. The zero-order valence-electron chi connectivity index (χ0n) is 6.42. The largest absolute Gasteiger partial charge is 0.402 e. The van der Waals surface area contributed by atoms with E-state index in [4.69, 9.17) is 5.73 Å². The quantitative estimate of drug-likeness (QED) is 0.434. The first-order chi connectivity index (χ1) is 4.57. The van der Waals surface area contributed by atoms with Crippen molar-refractivity contribution in [3.63, 3.8) is 0 Å². The first-order valence-electron chi connectivity index (χ1n) is 2.83. The standard InChI is InChI=1S/C6H12N2O2/c1-5(7)4-6(9)8(2)10-3/h4H,7H2,1-3H3/b5-4+. The molecule has 0 aromatic heterocycles. The lowest BCUT2D eigenvalue weighted by Crippen LogP contribution is -2.24. The molecule has 1 amide bonds. The van der Waals surface area contributed by atoms with Gasteiger partial charge in [0.25, 0.3) is 5.91 Å². The summed E-state index contributed by atoms with van der Waals surface area (Å²) in [4.78, 5) is 15.4. The zero-order valence-corrected chi connectivity index (χ0v) is 6.42. The molecule has 4 nitrogen and oxygen atoms in total. The average Bonchev–Trinajstić information content (AvgIpc) is 1.85. The van der Waals surface area contributed by atoms with E-state index in [-0.39, 0.29) is 5.91 Å². The van der Waals surface area contributed by atoms with Gasteiger partial charge in [0, 0.05) is 18.8 Å². The number of carbonyl (C=O) groups excluding carboxylic acids is 1. The van der Waals surface area contributed by atoms with Gasteiger partial charge in [0.05, 0.1) is 7.11 Å². The zero-order chi connectivity index (χ0) is 8.15. The molecule has 0 aromatic carbocycles. The van der Waals surface area contributed by atoms with Crippen molar-refractivity contribution in [2.45, 2.75) is 6.92 Å². The van der Waals surface area contributed by atoms with Crippen LogP contribution in [0.15, 0.2) is 11.8 Å². The van der Waals surface area contributed by atoms with Gasteiger partial charge in [-0.3, -0.25) is 9.63 Å². The first-order valence-corrected chi connectivity index (χ1v) is 2.83. The molecule has 0 bridgehead atoms. The maximum Gasteiger partial charge on any atom is 0.271 e. The fourth-order valence-corrected chi connectivity index (χ4v) is 0.376. The van der Waals surface area contributed by atoms with Crippen LogP contribution in [0.3, 0.4) is 0 Å². The summed E-state index contributed by atoms with van der Waals surface area (Å²) < 4.78 is 0. The highest BCUT2D eigenvalue weighted by atomic mass is 16.7. The lowest BCUT2D eigenvalue weighted by molar-refractivity contribution is -0.162.